The third kappa shape index (κ3) is 3.03. The zero-order valence-electron chi connectivity index (χ0n) is 12.6. The Morgan fingerprint density at radius 1 is 1.55 bits per heavy atom. The van der Waals surface area contributed by atoms with Gasteiger partial charge < -0.3 is 10.4 Å². The van der Waals surface area contributed by atoms with Crippen molar-refractivity contribution in [3.8, 4) is 0 Å². The zero-order valence-corrected chi connectivity index (χ0v) is 12.6. The number of hydrogen-bond donors (Lipinski definition) is 2. The number of rotatable bonds is 4. The van der Waals surface area contributed by atoms with Crippen molar-refractivity contribution >= 4 is 5.91 Å². The normalized spacial score (nSPS) is 26.5. The van der Waals surface area contributed by atoms with Gasteiger partial charge in [0.05, 0.1) is 23.4 Å². The zero-order chi connectivity index (χ0) is 14.8. The molecule has 1 fully saturated rings. The van der Waals surface area contributed by atoms with Gasteiger partial charge >= 0.3 is 0 Å². The molecule has 1 aromatic heterocycles. The predicted octanol–water partition coefficient (Wildman–Crippen LogP) is 1.65. The minimum absolute atomic E-state index is 0.00712. The van der Waals surface area contributed by atoms with Gasteiger partial charge in [0.15, 0.2) is 0 Å². The van der Waals surface area contributed by atoms with E-state index in [0.717, 1.165) is 37.8 Å². The van der Waals surface area contributed by atoms with Crippen LogP contribution in [0, 0.1) is 5.92 Å². The summed E-state index contributed by atoms with van der Waals surface area (Å²) in [6, 6.07) is 0. The van der Waals surface area contributed by atoms with Crippen LogP contribution in [0.2, 0.25) is 0 Å². The summed E-state index contributed by atoms with van der Waals surface area (Å²) in [4.78, 5) is 12.5. The Bertz CT molecular complexity index is 473. The van der Waals surface area contributed by atoms with Crippen molar-refractivity contribution < 1.29 is 9.90 Å². The standard InChI is InChI=1S/C15H25N3O2/c1-4-13-12(9-18(3)17-13)14(20)16-15(10-19)7-5-11(2)6-8-15/h9,11,19H,4-8,10H2,1-3H3,(H,16,20). The van der Waals surface area contributed by atoms with Crippen molar-refractivity contribution in [1.82, 2.24) is 15.1 Å². The van der Waals surface area contributed by atoms with Crippen LogP contribution in [0.4, 0.5) is 0 Å². The summed E-state index contributed by atoms with van der Waals surface area (Å²) in [5.41, 5.74) is 0.980. The van der Waals surface area contributed by atoms with Crippen molar-refractivity contribution in [2.45, 2.75) is 51.5 Å². The molecule has 0 unspecified atom stereocenters. The van der Waals surface area contributed by atoms with Crippen molar-refractivity contribution in [2.75, 3.05) is 6.61 Å². The lowest BCUT2D eigenvalue weighted by atomic mass is 9.77. The molecule has 0 aromatic carbocycles. The van der Waals surface area contributed by atoms with Crippen molar-refractivity contribution in [2.24, 2.45) is 13.0 Å². The Hall–Kier alpha value is -1.36. The Balaban J connectivity index is 2.13. The van der Waals surface area contributed by atoms with Gasteiger partial charge in [0, 0.05) is 13.2 Å². The van der Waals surface area contributed by atoms with Crippen molar-refractivity contribution in [1.29, 1.82) is 0 Å². The number of aromatic nitrogens is 2. The molecule has 112 valence electrons. The number of amides is 1. The van der Waals surface area contributed by atoms with Crippen LogP contribution in [0.25, 0.3) is 0 Å². The van der Waals surface area contributed by atoms with Gasteiger partial charge in [-0.1, -0.05) is 13.8 Å². The SMILES string of the molecule is CCc1nn(C)cc1C(=O)NC1(CO)CCC(C)CC1. The van der Waals surface area contributed by atoms with Gasteiger partial charge in [-0.25, -0.2) is 0 Å². The molecule has 0 bridgehead atoms. The van der Waals surface area contributed by atoms with E-state index in [-0.39, 0.29) is 12.5 Å². The Morgan fingerprint density at radius 2 is 2.20 bits per heavy atom. The fourth-order valence-electron chi connectivity index (χ4n) is 2.93. The first-order valence-corrected chi connectivity index (χ1v) is 7.45. The van der Waals surface area contributed by atoms with Crippen LogP contribution in [-0.2, 0) is 13.5 Å². The van der Waals surface area contributed by atoms with Crippen molar-refractivity contribution in [3.05, 3.63) is 17.5 Å². The molecular weight excluding hydrogens is 254 g/mol. The number of aryl methyl sites for hydroxylation is 2. The van der Waals surface area contributed by atoms with Gasteiger partial charge in [0.1, 0.15) is 0 Å². The highest BCUT2D eigenvalue weighted by Gasteiger charge is 2.35. The number of hydrogen-bond acceptors (Lipinski definition) is 3. The van der Waals surface area contributed by atoms with Gasteiger partial charge in [-0.3, -0.25) is 9.48 Å². The third-order valence-corrected chi connectivity index (χ3v) is 4.40. The van der Waals surface area contributed by atoms with Crippen LogP contribution in [0.5, 0.6) is 0 Å². The maximum absolute atomic E-state index is 12.5. The lowest BCUT2D eigenvalue weighted by molar-refractivity contribution is 0.0716. The smallest absolute Gasteiger partial charge is 0.255 e. The second kappa shape index (κ2) is 5.95. The predicted molar refractivity (Wildman–Crippen MR) is 77.5 cm³/mol. The van der Waals surface area contributed by atoms with E-state index in [0.29, 0.717) is 11.5 Å². The number of nitrogens with zero attached hydrogens (tertiary/aromatic N) is 2. The second-order valence-electron chi connectivity index (χ2n) is 6.09. The van der Waals surface area contributed by atoms with E-state index >= 15 is 0 Å². The average molecular weight is 279 g/mol. The van der Waals surface area contributed by atoms with Crippen LogP contribution in [0.3, 0.4) is 0 Å². The van der Waals surface area contributed by atoms with E-state index in [1.807, 2.05) is 14.0 Å². The van der Waals surface area contributed by atoms with Gasteiger partial charge in [-0.2, -0.15) is 5.10 Å². The first-order valence-electron chi connectivity index (χ1n) is 7.45. The fraction of sp³-hybridized carbons (Fsp3) is 0.733. The summed E-state index contributed by atoms with van der Waals surface area (Å²) in [5.74, 6) is 0.565. The molecule has 0 aliphatic heterocycles. The number of carbonyl (C=O) groups excluding carboxylic acids is 1. The van der Waals surface area contributed by atoms with E-state index in [1.165, 1.54) is 0 Å². The van der Waals surface area contributed by atoms with Crippen LogP contribution in [0.15, 0.2) is 6.20 Å². The summed E-state index contributed by atoms with van der Waals surface area (Å²) in [6.45, 7) is 4.22. The molecule has 1 amide bonds. The van der Waals surface area contributed by atoms with Crippen molar-refractivity contribution in [3.63, 3.8) is 0 Å². The van der Waals surface area contributed by atoms with Crippen LogP contribution >= 0.6 is 0 Å². The third-order valence-electron chi connectivity index (χ3n) is 4.40. The summed E-state index contributed by atoms with van der Waals surface area (Å²) >= 11 is 0. The van der Waals surface area contributed by atoms with Crippen LogP contribution in [-0.4, -0.2) is 32.9 Å². The van der Waals surface area contributed by atoms with E-state index in [9.17, 15) is 9.90 Å². The topological polar surface area (TPSA) is 67.2 Å². The molecule has 1 aliphatic rings. The highest BCUT2D eigenvalue weighted by molar-refractivity contribution is 5.95. The molecule has 0 spiro atoms. The molecule has 0 atom stereocenters. The van der Waals surface area contributed by atoms with E-state index in [1.54, 1.807) is 10.9 Å². The molecular formula is C15H25N3O2. The Morgan fingerprint density at radius 3 is 2.75 bits per heavy atom. The molecule has 0 saturated heterocycles. The molecule has 1 aromatic rings. The molecule has 20 heavy (non-hydrogen) atoms. The average Bonchev–Trinajstić information content (AvgIpc) is 2.83. The number of nitrogens with one attached hydrogen (secondary N) is 1. The fourth-order valence-corrected chi connectivity index (χ4v) is 2.93. The first-order chi connectivity index (χ1) is 9.49. The number of carbonyl (C=O) groups is 1. The van der Waals surface area contributed by atoms with E-state index < -0.39 is 5.54 Å². The largest absolute Gasteiger partial charge is 0.394 e. The molecule has 0 radical (unpaired) electrons. The van der Waals surface area contributed by atoms with Crippen LogP contribution < -0.4 is 5.32 Å². The quantitative estimate of drug-likeness (QED) is 0.880. The maximum atomic E-state index is 12.5. The summed E-state index contributed by atoms with van der Waals surface area (Å²) in [7, 11) is 1.82. The van der Waals surface area contributed by atoms with Gasteiger partial charge in [0.2, 0.25) is 0 Å². The monoisotopic (exact) mass is 279 g/mol. The number of aliphatic hydroxyl groups is 1. The highest BCUT2D eigenvalue weighted by atomic mass is 16.3. The molecule has 1 heterocycles. The lowest BCUT2D eigenvalue weighted by Crippen LogP contribution is -2.53. The maximum Gasteiger partial charge on any atom is 0.255 e. The Labute approximate surface area is 120 Å². The van der Waals surface area contributed by atoms with E-state index in [2.05, 4.69) is 17.3 Å². The second-order valence-corrected chi connectivity index (χ2v) is 6.09. The minimum Gasteiger partial charge on any atom is -0.394 e. The van der Waals surface area contributed by atoms with Gasteiger partial charge in [-0.05, 0) is 38.0 Å². The highest BCUT2D eigenvalue weighted by Crippen LogP contribution is 2.31. The Kier molecular flexibility index (Phi) is 4.48. The molecule has 2 N–H and O–H groups in total. The van der Waals surface area contributed by atoms with Gasteiger partial charge in [0.25, 0.3) is 5.91 Å². The summed E-state index contributed by atoms with van der Waals surface area (Å²) < 4.78 is 1.67. The van der Waals surface area contributed by atoms with E-state index in [4.69, 9.17) is 0 Å². The minimum atomic E-state index is -0.454. The molecule has 5 nitrogen and oxygen atoms in total. The molecule has 1 saturated carbocycles. The van der Waals surface area contributed by atoms with Crippen LogP contribution in [0.1, 0.15) is 55.6 Å². The number of aliphatic hydroxyl groups excluding tert-OH is 1. The molecule has 1 aliphatic carbocycles. The summed E-state index contributed by atoms with van der Waals surface area (Å²) in [6.07, 6.45) is 6.27. The first kappa shape index (κ1) is 15.0. The van der Waals surface area contributed by atoms with Gasteiger partial charge in [-0.15, -0.1) is 0 Å². The lowest BCUT2D eigenvalue weighted by Gasteiger charge is -2.38. The summed E-state index contributed by atoms with van der Waals surface area (Å²) in [5, 5.41) is 17.1. The molecule has 5 heteroatoms. The molecule has 2 rings (SSSR count).